The number of fused-ring (bicyclic) bond motifs is 6. The van der Waals surface area contributed by atoms with Gasteiger partial charge in [0.1, 0.15) is 6.54 Å². The lowest BCUT2D eigenvalue weighted by molar-refractivity contribution is -0.438. The van der Waals surface area contributed by atoms with E-state index in [9.17, 15) is 25.9 Å². The van der Waals surface area contributed by atoms with E-state index < -0.39 is 20.2 Å². The summed E-state index contributed by atoms with van der Waals surface area (Å²) in [6.45, 7) is 10.2. The normalized spacial score (nSPS) is 17.4. The van der Waals surface area contributed by atoms with Gasteiger partial charge in [0.15, 0.2) is 5.71 Å². The van der Waals surface area contributed by atoms with Crippen LogP contribution < -0.4 is 4.90 Å². The lowest BCUT2D eigenvalue weighted by Crippen LogP contribution is -2.28. The van der Waals surface area contributed by atoms with Gasteiger partial charge in [0.05, 0.1) is 16.9 Å². The number of rotatable bonds is 14. The number of nitrogens with zero attached hydrogens (tertiary/aromatic N) is 2. The van der Waals surface area contributed by atoms with Gasteiger partial charge in [0.25, 0.3) is 20.2 Å². The third-order valence-electron chi connectivity index (χ3n) is 10.5. The molecule has 0 radical (unpaired) electrons. The predicted molar refractivity (Wildman–Crippen MR) is 220 cm³/mol. The highest BCUT2D eigenvalue weighted by Crippen LogP contribution is 2.51. The number of hydrogen-bond donors (Lipinski definition) is 2. The molecule has 3 N–H and O–H groups in total. The second kappa shape index (κ2) is 16.1. The number of benzene rings is 4. The summed E-state index contributed by atoms with van der Waals surface area (Å²) >= 11 is 0. The van der Waals surface area contributed by atoms with Gasteiger partial charge < -0.3 is 10.4 Å². The molecule has 0 spiro atoms. The Bertz CT molecular complexity index is 2420. The third-order valence-corrected chi connectivity index (χ3v) is 12.1. The van der Waals surface area contributed by atoms with Crippen molar-refractivity contribution < 1.29 is 36.0 Å². The van der Waals surface area contributed by atoms with Crippen LogP contribution in [0.15, 0.2) is 121 Å². The van der Waals surface area contributed by atoms with Gasteiger partial charge in [-0.3, -0.25) is 9.11 Å². The van der Waals surface area contributed by atoms with Crippen molar-refractivity contribution in [1.29, 1.82) is 0 Å². The van der Waals surface area contributed by atoms with E-state index in [4.69, 9.17) is 0 Å². The molecule has 2 aliphatic heterocycles. The van der Waals surface area contributed by atoms with E-state index in [0.29, 0.717) is 38.8 Å². The first kappa shape index (κ1) is 40.8. The molecule has 2 aliphatic rings. The quantitative estimate of drug-likeness (QED) is 0.0560. The molecule has 6 rings (SSSR count). The summed E-state index contributed by atoms with van der Waals surface area (Å²) < 4.78 is 66.3. The first-order valence-corrected chi connectivity index (χ1v) is 21.4. The summed E-state index contributed by atoms with van der Waals surface area (Å²) in [6, 6.07) is 25.3. The Labute approximate surface area is 319 Å². The zero-order valence-corrected chi connectivity index (χ0v) is 32.9. The van der Waals surface area contributed by atoms with Crippen LogP contribution in [0, 0.1) is 0 Å². The molecule has 0 aliphatic carbocycles. The Hall–Kier alpha value is -4.39. The highest BCUT2D eigenvalue weighted by atomic mass is 32.2. The first-order chi connectivity index (χ1) is 25.1. The van der Waals surface area contributed by atoms with Gasteiger partial charge >= 0.3 is 0 Å². The Morgan fingerprint density at radius 3 is 1.85 bits per heavy atom. The predicted octanol–water partition coefficient (Wildman–Crippen LogP) is 8.88. The minimum absolute atomic E-state index is 0. The maximum Gasteiger partial charge on any atom is 0.264 e. The largest absolute Gasteiger partial charge is 0.870 e. The molecule has 0 unspecified atom stereocenters. The Kier molecular flexibility index (Phi) is 12.2. The van der Waals surface area contributed by atoms with Gasteiger partial charge in [-0.1, -0.05) is 98.8 Å². The van der Waals surface area contributed by atoms with Gasteiger partial charge in [0.2, 0.25) is 5.69 Å². The second-order valence-electron chi connectivity index (χ2n) is 15.0. The van der Waals surface area contributed by atoms with Crippen LogP contribution >= 0.6 is 0 Å². The van der Waals surface area contributed by atoms with Gasteiger partial charge in [-0.25, -0.2) is 0 Å². The fourth-order valence-corrected chi connectivity index (χ4v) is 9.28. The number of allylic oxidation sites excluding steroid dienone is 8. The number of unbranched alkanes of at least 4 members (excludes halogenated alkanes) is 2. The van der Waals surface area contributed by atoms with Gasteiger partial charge in [-0.15, -0.1) is 0 Å². The monoisotopic (exact) mass is 770 g/mol. The zero-order valence-electron chi connectivity index (χ0n) is 31.3. The molecule has 0 saturated carbocycles. The Balaban J connectivity index is 0.00000561. The number of hydrogen-bond acceptors (Lipinski definition) is 6. The van der Waals surface area contributed by atoms with Crippen LogP contribution in [-0.2, 0) is 31.1 Å². The molecule has 4 aromatic rings. The highest BCUT2D eigenvalue weighted by molar-refractivity contribution is 7.86. The van der Waals surface area contributed by atoms with E-state index in [0.717, 1.165) is 22.8 Å². The SMILES string of the molecule is CC1(C)C(=CC=CC=CC=CC2=[N+](CCCCS(=O)(=O)O)c3ccc4ccccc4c3C2(C)C)N(CCCCS(=O)(=O)O)c2ccc3ccccc3c21.[OH-]. The molecule has 11 heteroatoms. The van der Waals surface area contributed by atoms with Crippen molar-refractivity contribution in [3.63, 3.8) is 0 Å². The maximum atomic E-state index is 11.4. The molecule has 0 bridgehead atoms. The molecular formula is C43H50N2O7S2. The third kappa shape index (κ3) is 8.61. The van der Waals surface area contributed by atoms with Crippen LogP contribution in [-0.4, -0.2) is 66.3 Å². The Morgan fingerprint density at radius 1 is 0.648 bits per heavy atom. The van der Waals surface area contributed by atoms with Gasteiger partial charge in [-0.2, -0.15) is 21.4 Å². The first-order valence-electron chi connectivity index (χ1n) is 18.2. The summed E-state index contributed by atoms with van der Waals surface area (Å²) in [5, 5.41) is 4.75. The van der Waals surface area contributed by atoms with Crippen molar-refractivity contribution in [3.05, 3.63) is 132 Å². The Morgan fingerprint density at radius 2 is 1.20 bits per heavy atom. The molecule has 9 nitrogen and oxygen atoms in total. The van der Waals surface area contributed by atoms with Crippen LogP contribution in [0.4, 0.5) is 11.4 Å². The van der Waals surface area contributed by atoms with Crippen molar-refractivity contribution >= 4 is 58.9 Å². The standard InChI is InChI=1S/C43H48N2O6S2.H2O/c1-42(2)38(44(28-14-16-30-52(46,47)48)36-26-24-32-18-10-12-20-34(32)40(36)42)22-8-6-5-7-9-23-39-43(3,4)41-35-21-13-11-19-33(35)25-27-37(41)45(39)29-15-17-31-53(49,50)51;/h5-13,18-27H,14-17,28-31H2,1-4H3,(H-,46,47,48,49,50,51);1H2. The van der Waals surface area contributed by atoms with Crippen LogP contribution in [0.25, 0.3) is 21.5 Å². The lowest BCUT2D eigenvalue weighted by atomic mass is 9.79. The summed E-state index contributed by atoms with van der Waals surface area (Å²) in [5.74, 6) is -0.506. The molecule has 286 valence electrons. The van der Waals surface area contributed by atoms with Crippen LogP contribution in [0.3, 0.4) is 0 Å². The van der Waals surface area contributed by atoms with Crippen molar-refractivity contribution in [1.82, 2.24) is 0 Å². The lowest BCUT2D eigenvalue weighted by Gasteiger charge is -2.27. The fraction of sp³-hybridized carbons (Fsp3) is 0.326. The average molecular weight is 771 g/mol. The molecule has 0 aromatic heterocycles. The molecule has 4 aromatic carbocycles. The van der Waals surface area contributed by atoms with E-state index in [1.165, 1.54) is 32.7 Å². The van der Waals surface area contributed by atoms with E-state index >= 15 is 0 Å². The van der Waals surface area contributed by atoms with E-state index in [1.807, 2.05) is 42.5 Å². The molecular weight excluding hydrogens is 721 g/mol. The van der Waals surface area contributed by atoms with Crippen LogP contribution in [0.5, 0.6) is 0 Å². The minimum atomic E-state index is -4.01. The van der Waals surface area contributed by atoms with Crippen LogP contribution in [0.2, 0.25) is 0 Å². The molecule has 54 heavy (non-hydrogen) atoms. The molecule has 0 atom stereocenters. The maximum absolute atomic E-state index is 11.4. The van der Waals surface area contributed by atoms with E-state index in [1.54, 1.807) is 0 Å². The van der Waals surface area contributed by atoms with Crippen molar-refractivity contribution in [3.8, 4) is 0 Å². The number of anilines is 1. The van der Waals surface area contributed by atoms with Gasteiger partial charge in [0, 0.05) is 47.5 Å². The molecule has 0 saturated heterocycles. The van der Waals surface area contributed by atoms with Crippen molar-refractivity contribution in [2.45, 2.75) is 64.2 Å². The minimum Gasteiger partial charge on any atom is -0.870 e. The topological polar surface area (TPSA) is 145 Å². The zero-order chi connectivity index (χ0) is 38.0. The van der Waals surface area contributed by atoms with E-state index in [-0.39, 0.29) is 27.8 Å². The van der Waals surface area contributed by atoms with Gasteiger partial charge in [-0.05, 0) is 78.4 Å². The molecule has 0 amide bonds. The summed E-state index contributed by atoms with van der Waals surface area (Å²) in [5.41, 5.74) is 6.36. The van der Waals surface area contributed by atoms with Crippen LogP contribution in [0.1, 0.15) is 64.5 Å². The second-order valence-corrected chi connectivity index (χ2v) is 18.1. The van der Waals surface area contributed by atoms with Crippen molar-refractivity contribution in [2.75, 3.05) is 29.5 Å². The molecule has 2 heterocycles. The summed E-state index contributed by atoms with van der Waals surface area (Å²) in [7, 11) is -8.02. The molecule has 0 fully saturated rings. The summed E-state index contributed by atoms with van der Waals surface area (Å²) in [6.07, 6.45) is 16.3. The van der Waals surface area contributed by atoms with E-state index in [2.05, 4.69) is 110 Å². The van der Waals surface area contributed by atoms with Crippen molar-refractivity contribution in [2.24, 2.45) is 0 Å². The smallest absolute Gasteiger partial charge is 0.264 e. The highest BCUT2D eigenvalue weighted by Gasteiger charge is 2.45. The average Bonchev–Trinajstić information content (AvgIpc) is 3.45. The summed E-state index contributed by atoms with van der Waals surface area (Å²) in [4.78, 5) is 2.28. The fourth-order valence-electron chi connectivity index (χ4n) is 8.15.